The number of halogens is 3. The smallest absolute Gasteiger partial charge is 0.124 e. The highest BCUT2D eigenvalue weighted by Gasteiger charge is 1.97. The van der Waals surface area contributed by atoms with Crippen LogP contribution in [0, 0.1) is 17.7 Å². The Bertz CT molecular complexity index is 363. The van der Waals surface area contributed by atoms with Crippen molar-refractivity contribution >= 4 is 23.2 Å². The monoisotopic (exact) mass is 230 g/mol. The fourth-order valence-electron chi connectivity index (χ4n) is 0.906. The maximum absolute atomic E-state index is 12.8. The van der Waals surface area contributed by atoms with Crippen molar-refractivity contribution in [3.05, 3.63) is 34.6 Å². The molecule has 3 heteroatoms. The molecule has 0 aliphatic carbocycles. The van der Waals surface area contributed by atoms with Gasteiger partial charge in [-0.05, 0) is 24.6 Å². The van der Waals surface area contributed by atoms with E-state index in [0.29, 0.717) is 22.9 Å². The summed E-state index contributed by atoms with van der Waals surface area (Å²) >= 11 is 11.3. The fourth-order valence-corrected chi connectivity index (χ4v) is 1.20. The summed E-state index contributed by atoms with van der Waals surface area (Å²) in [6.07, 6.45) is 1.54. The summed E-state index contributed by atoms with van der Waals surface area (Å²) < 4.78 is 12.8. The van der Waals surface area contributed by atoms with E-state index in [9.17, 15) is 4.39 Å². The van der Waals surface area contributed by atoms with Gasteiger partial charge in [0.15, 0.2) is 0 Å². The van der Waals surface area contributed by atoms with Crippen molar-refractivity contribution in [2.75, 3.05) is 5.88 Å². The second-order valence-electron chi connectivity index (χ2n) is 2.72. The van der Waals surface area contributed by atoms with E-state index in [1.54, 1.807) is 0 Å². The molecule has 14 heavy (non-hydrogen) atoms. The number of alkyl halides is 1. The lowest BCUT2D eigenvalue weighted by molar-refractivity contribution is 0.627. The zero-order chi connectivity index (χ0) is 10.4. The highest BCUT2D eigenvalue weighted by molar-refractivity contribution is 6.31. The van der Waals surface area contributed by atoms with Gasteiger partial charge < -0.3 is 0 Å². The lowest BCUT2D eigenvalue weighted by atomic mass is 10.2. The third-order valence-electron chi connectivity index (χ3n) is 1.59. The van der Waals surface area contributed by atoms with Crippen molar-refractivity contribution in [3.8, 4) is 11.8 Å². The average Bonchev–Trinajstić information content (AvgIpc) is 2.18. The number of hydrogen-bond donors (Lipinski definition) is 0. The quantitative estimate of drug-likeness (QED) is 0.412. The summed E-state index contributed by atoms with van der Waals surface area (Å²) in [5.74, 6) is 5.96. The molecule has 0 spiro atoms. The SMILES string of the molecule is Fc1ccc(Cl)c(C#CCCCCl)c1. The van der Waals surface area contributed by atoms with Crippen LogP contribution in [-0.2, 0) is 0 Å². The van der Waals surface area contributed by atoms with Crippen molar-refractivity contribution in [1.29, 1.82) is 0 Å². The molecule has 1 aromatic carbocycles. The first-order chi connectivity index (χ1) is 6.74. The van der Waals surface area contributed by atoms with Gasteiger partial charge in [0, 0.05) is 17.9 Å². The molecule has 0 amide bonds. The minimum Gasteiger partial charge on any atom is -0.207 e. The second kappa shape index (κ2) is 5.90. The zero-order valence-corrected chi connectivity index (χ0v) is 9.00. The molecular weight excluding hydrogens is 222 g/mol. The van der Waals surface area contributed by atoms with Crippen molar-refractivity contribution in [3.63, 3.8) is 0 Å². The highest BCUT2D eigenvalue weighted by atomic mass is 35.5. The summed E-state index contributed by atoms with van der Waals surface area (Å²) in [7, 11) is 0. The molecule has 0 nitrogen and oxygen atoms in total. The normalized spacial score (nSPS) is 9.36. The first kappa shape index (κ1) is 11.4. The van der Waals surface area contributed by atoms with Crippen LogP contribution in [0.4, 0.5) is 4.39 Å². The van der Waals surface area contributed by atoms with E-state index in [-0.39, 0.29) is 5.82 Å². The van der Waals surface area contributed by atoms with Gasteiger partial charge in [-0.1, -0.05) is 23.4 Å². The minimum atomic E-state index is -0.323. The Labute approximate surface area is 93.0 Å². The van der Waals surface area contributed by atoms with Crippen LogP contribution >= 0.6 is 23.2 Å². The topological polar surface area (TPSA) is 0 Å². The molecule has 0 heterocycles. The van der Waals surface area contributed by atoms with E-state index in [0.717, 1.165) is 6.42 Å². The molecule has 0 aromatic heterocycles. The largest absolute Gasteiger partial charge is 0.207 e. The summed E-state index contributed by atoms with van der Waals surface area (Å²) in [5.41, 5.74) is 0.529. The molecule has 1 aromatic rings. The van der Waals surface area contributed by atoms with Crippen LogP contribution in [0.5, 0.6) is 0 Å². The molecule has 0 N–H and O–H groups in total. The first-order valence-corrected chi connectivity index (χ1v) is 5.15. The van der Waals surface area contributed by atoms with Gasteiger partial charge in [-0.2, -0.15) is 0 Å². The molecule has 0 saturated carbocycles. The Morgan fingerprint density at radius 1 is 1.36 bits per heavy atom. The van der Waals surface area contributed by atoms with Crippen molar-refractivity contribution in [1.82, 2.24) is 0 Å². The summed E-state index contributed by atoms with van der Waals surface area (Å²) in [6.45, 7) is 0. The Morgan fingerprint density at radius 3 is 2.86 bits per heavy atom. The number of benzene rings is 1. The Hall–Kier alpha value is -0.710. The third-order valence-corrected chi connectivity index (χ3v) is 2.18. The highest BCUT2D eigenvalue weighted by Crippen LogP contribution is 2.15. The third kappa shape index (κ3) is 3.57. The van der Waals surface area contributed by atoms with Crippen LogP contribution < -0.4 is 0 Å². The maximum Gasteiger partial charge on any atom is 0.124 e. The van der Waals surface area contributed by atoms with E-state index in [2.05, 4.69) is 11.8 Å². The maximum atomic E-state index is 12.8. The van der Waals surface area contributed by atoms with Gasteiger partial charge in [0.1, 0.15) is 5.82 Å². The van der Waals surface area contributed by atoms with Crippen LogP contribution in [0.3, 0.4) is 0 Å². The lowest BCUT2D eigenvalue weighted by Crippen LogP contribution is -1.80. The van der Waals surface area contributed by atoms with Crippen molar-refractivity contribution in [2.45, 2.75) is 12.8 Å². The van der Waals surface area contributed by atoms with Gasteiger partial charge in [-0.15, -0.1) is 11.6 Å². The van der Waals surface area contributed by atoms with Gasteiger partial charge >= 0.3 is 0 Å². The first-order valence-electron chi connectivity index (χ1n) is 4.24. The van der Waals surface area contributed by atoms with Crippen LogP contribution in [0.15, 0.2) is 18.2 Å². The molecule has 0 atom stereocenters. The van der Waals surface area contributed by atoms with Gasteiger partial charge in [0.2, 0.25) is 0 Å². The molecule has 1 rings (SSSR count). The minimum absolute atomic E-state index is 0.323. The van der Waals surface area contributed by atoms with Gasteiger partial charge in [0.25, 0.3) is 0 Å². The van der Waals surface area contributed by atoms with Crippen LogP contribution in [0.25, 0.3) is 0 Å². The molecular formula is C11H9Cl2F. The van der Waals surface area contributed by atoms with E-state index >= 15 is 0 Å². The predicted octanol–water partition coefficient (Wildman–Crippen LogP) is 3.85. The summed E-state index contributed by atoms with van der Waals surface area (Å²) in [5, 5.41) is 0.477. The van der Waals surface area contributed by atoms with E-state index in [1.165, 1.54) is 18.2 Å². The zero-order valence-electron chi connectivity index (χ0n) is 7.49. The number of hydrogen-bond acceptors (Lipinski definition) is 0. The Morgan fingerprint density at radius 2 is 2.14 bits per heavy atom. The second-order valence-corrected chi connectivity index (χ2v) is 3.50. The van der Waals surface area contributed by atoms with Crippen LogP contribution in [0.2, 0.25) is 5.02 Å². The van der Waals surface area contributed by atoms with E-state index in [1.807, 2.05) is 0 Å². The standard InChI is InChI=1S/C11H9Cl2F/c12-7-3-1-2-4-9-8-10(14)5-6-11(9)13/h5-6,8H,1,3,7H2. The molecule has 74 valence electrons. The fraction of sp³-hybridized carbons (Fsp3) is 0.273. The van der Waals surface area contributed by atoms with E-state index < -0.39 is 0 Å². The summed E-state index contributed by atoms with van der Waals surface area (Å²) in [6, 6.07) is 4.14. The molecule has 0 aliphatic heterocycles. The molecule has 0 unspecified atom stereocenters. The number of unbranched alkanes of at least 4 members (excludes halogenated alkanes) is 1. The van der Waals surface area contributed by atoms with Gasteiger partial charge in [-0.3, -0.25) is 0 Å². The Kier molecular flexibility index (Phi) is 4.79. The molecule has 0 aliphatic rings. The Balaban J connectivity index is 2.73. The molecule has 0 bridgehead atoms. The number of rotatable bonds is 2. The molecule has 0 radical (unpaired) electrons. The van der Waals surface area contributed by atoms with Gasteiger partial charge in [0.05, 0.1) is 5.02 Å². The average molecular weight is 231 g/mol. The van der Waals surface area contributed by atoms with Gasteiger partial charge in [-0.25, -0.2) is 4.39 Å². The summed E-state index contributed by atoms with van der Waals surface area (Å²) in [4.78, 5) is 0. The van der Waals surface area contributed by atoms with Crippen LogP contribution in [-0.4, -0.2) is 5.88 Å². The predicted molar refractivity (Wildman–Crippen MR) is 58.2 cm³/mol. The molecule has 0 saturated heterocycles. The molecule has 0 fully saturated rings. The lowest BCUT2D eigenvalue weighted by Gasteiger charge is -1.94. The van der Waals surface area contributed by atoms with Crippen LogP contribution in [0.1, 0.15) is 18.4 Å². The van der Waals surface area contributed by atoms with E-state index in [4.69, 9.17) is 23.2 Å². The van der Waals surface area contributed by atoms with Crippen molar-refractivity contribution < 1.29 is 4.39 Å². The van der Waals surface area contributed by atoms with Crippen molar-refractivity contribution in [2.24, 2.45) is 0 Å².